The fraction of sp³-hybridized carbons (Fsp3) is 0.891. The van der Waals surface area contributed by atoms with Gasteiger partial charge in [-0.2, -0.15) is 0 Å². The summed E-state index contributed by atoms with van der Waals surface area (Å²) in [6.45, 7) is 3.98. The van der Waals surface area contributed by atoms with Gasteiger partial charge in [0.1, 0.15) is 0 Å². The number of carbonyl (C=O) groups is 1. The highest BCUT2D eigenvalue weighted by molar-refractivity contribution is 7.47. The van der Waals surface area contributed by atoms with E-state index in [2.05, 4.69) is 31.3 Å². The van der Waals surface area contributed by atoms with Gasteiger partial charge in [-0.05, 0) is 44.9 Å². The van der Waals surface area contributed by atoms with Gasteiger partial charge < -0.3 is 26.2 Å². The zero-order valence-corrected chi connectivity index (χ0v) is 37.4. The number of carbonyl (C=O) groups excluding carboxylic acids is 1. The molecule has 0 aromatic heterocycles. The Balaban J connectivity index is 4.27. The molecule has 0 aromatic carbocycles. The molecule has 56 heavy (non-hydrogen) atoms. The normalized spacial score (nSPS) is 14.8. The summed E-state index contributed by atoms with van der Waals surface area (Å²) in [5.74, 6) is -0.453. The summed E-state index contributed by atoms with van der Waals surface area (Å²) < 4.78 is 22.1. The van der Waals surface area contributed by atoms with Crippen molar-refractivity contribution in [2.24, 2.45) is 5.73 Å². The number of aliphatic hydroxyl groups is 2. The van der Waals surface area contributed by atoms with Crippen molar-refractivity contribution < 1.29 is 33.5 Å². The lowest BCUT2D eigenvalue weighted by Crippen LogP contribution is -2.46. The van der Waals surface area contributed by atoms with E-state index in [1.165, 1.54) is 148 Å². The summed E-state index contributed by atoms with van der Waals surface area (Å²) in [6, 6.07) is -0.985. The molecule has 0 saturated heterocycles. The van der Waals surface area contributed by atoms with Crippen LogP contribution in [0.15, 0.2) is 24.3 Å². The standard InChI is InChI=1S/C46H91N2O7P/c1-3-5-7-9-11-13-15-17-19-20-21-22-23-24-26-28-30-32-34-36-38-45(50)44(42-55-56(52,53)54-40-39-47)48-46(51)41-43(49)37-35-33-31-29-27-25-18-16-14-12-10-8-6-4-2/h25,27,36,38,43-45,49-50H,3-24,26,28-35,37,39-42,47H2,1-2H3,(H,48,51)(H,52,53)/b27-25-,38-36+. The van der Waals surface area contributed by atoms with Crippen LogP contribution in [0.1, 0.15) is 226 Å². The Morgan fingerprint density at radius 3 is 1.43 bits per heavy atom. The summed E-state index contributed by atoms with van der Waals surface area (Å²) in [5.41, 5.74) is 5.37. The average Bonchev–Trinajstić information content (AvgIpc) is 3.17. The highest BCUT2D eigenvalue weighted by atomic mass is 31.2. The lowest BCUT2D eigenvalue weighted by atomic mass is 10.0. The molecule has 6 N–H and O–H groups in total. The molecule has 0 aliphatic carbocycles. The van der Waals surface area contributed by atoms with E-state index in [0.717, 1.165) is 51.4 Å². The molecule has 0 saturated carbocycles. The summed E-state index contributed by atoms with van der Waals surface area (Å²) in [6.07, 6.45) is 45.5. The molecule has 0 rings (SSSR count). The van der Waals surface area contributed by atoms with Crippen molar-refractivity contribution in [1.82, 2.24) is 5.32 Å². The zero-order chi connectivity index (χ0) is 41.2. The number of hydrogen-bond donors (Lipinski definition) is 5. The third-order valence-corrected chi connectivity index (χ3v) is 11.6. The number of allylic oxidation sites excluding steroid dienone is 3. The topological polar surface area (TPSA) is 151 Å². The van der Waals surface area contributed by atoms with Gasteiger partial charge in [0.15, 0.2) is 0 Å². The predicted octanol–water partition coefficient (Wildman–Crippen LogP) is 12.3. The van der Waals surface area contributed by atoms with E-state index in [9.17, 15) is 24.5 Å². The molecule has 0 bridgehead atoms. The van der Waals surface area contributed by atoms with Crippen molar-refractivity contribution in [3.05, 3.63) is 24.3 Å². The van der Waals surface area contributed by atoms with Gasteiger partial charge in [0.05, 0.1) is 37.9 Å². The number of rotatable bonds is 44. The third-order valence-electron chi connectivity index (χ3n) is 10.6. The summed E-state index contributed by atoms with van der Waals surface area (Å²) >= 11 is 0. The molecule has 4 unspecified atom stereocenters. The molecule has 0 aliphatic rings. The molecule has 0 spiro atoms. The molecule has 0 radical (unpaired) electrons. The van der Waals surface area contributed by atoms with Crippen LogP contribution in [0.3, 0.4) is 0 Å². The Morgan fingerprint density at radius 1 is 0.607 bits per heavy atom. The van der Waals surface area contributed by atoms with Crippen LogP contribution in [0.25, 0.3) is 0 Å². The third kappa shape index (κ3) is 39.8. The number of amides is 1. The first-order chi connectivity index (χ1) is 27.3. The minimum absolute atomic E-state index is 0.0484. The van der Waals surface area contributed by atoms with Gasteiger partial charge in [0, 0.05) is 6.54 Å². The molecule has 1 amide bonds. The predicted molar refractivity (Wildman–Crippen MR) is 237 cm³/mol. The highest BCUT2D eigenvalue weighted by Crippen LogP contribution is 2.43. The Morgan fingerprint density at radius 2 is 1.00 bits per heavy atom. The van der Waals surface area contributed by atoms with Crippen LogP contribution >= 0.6 is 7.82 Å². The van der Waals surface area contributed by atoms with E-state index in [-0.39, 0.29) is 19.6 Å². The number of phosphoric ester groups is 1. The second-order valence-electron chi connectivity index (χ2n) is 16.2. The Hall–Kier alpha value is -1.06. The molecule has 9 nitrogen and oxygen atoms in total. The van der Waals surface area contributed by atoms with Crippen LogP contribution in [0.2, 0.25) is 0 Å². The molecule has 332 valence electrons. The van der Waals surface area contributed by atoms with E-state index in [1.807, 2.05) is 6.08 Å². The van der Waals surface area contributed by atoms with Gasteiger partial charge >= 0.3 is 7.82 Å². The number of nitrogens with two attached hydrogens (primary N) is 1. The molecule has 0 fully saturated rings. The van der Waals surface area contributed by atoms with Crippen LogP contribution in [0.4, 0.5) is 0 Å². The van der Waals surface area contributed by atoms with Crippen LogP contribution < -0.4 is 11.1 Å². The number of hydrogen-bond acceptors (Lipinski definition) is 7. The largest absolute Gasteiger partial charge is 0.472 e. The second-order valence-corrected chi connectivity index (χ2v) is 17.6. The van der Waals surface area contributed by atoms with Crippen molar-refractivity contribution in [3.63, 3.8) is 0 Å². The van der Waals surface area contributed by atoms with Crippen molar-refractivity contribution in [3.8, 4) is 0 Å². The smallest absolute Gasteiger partial charge is 0.393 e. The minimum atomic E-state index is -4.40. The van der Waals surface area contributed by atoms with Crippen LogP contribution in [-0.4, -0.2) is 59.0 Å². The lowest BCUT2D eigenvalue weighted by Gasteiger charge is -2.24. The molecule has 0 aromatic rings. The van der Waals surface area contributed by atoms with Gasteiger partial charge in [0.2, 0.25) is 5.91 Å². The maximum Gasteiger partial charge on any atom is 0.472 e. The fourth-order valence-electron chi connectivity index (χ4n) is 6.99. The van der Waals surface area contributed by atoms with E-state index in [1.54, 1.807) is 6.08 Å². The SMILES string of the molecule is CCCCCCCCC/C=C\CCCCCC(O)CC(=O)NC(COP(=O)(O)OCCN)C(O)/C=C/CCCCCCCCCCCCCCCCCCCC. The summed E-state index contributed by atoms with van der Waals surface area (Å²) in [5, 5.41) is 24.1. The first-order valence-corrected chi connectivity index (χ1v) is 25.0. The molecule has 10 heteroatoms. The summed E-state index contributed by atoms with van der Waals surface area (Å²) in [7, 11) is -4.40. The number of unbranched alkanes of at least 4 members (excludes halogenated alkanes) is 28. The fourth-order valence-corrected chi connectivity index (χ4v) is 7.75. The number of phosphoric acid groups is 1. The summed E-state index contributed by atoms with van der Waals surface area (Å²) in [4.78, 5) is 22.8. The van der Waals surface area contributed by atoms with Gasteiger partial charge in [-0.3, -0.25) is 13.8 Å². The average molecular weight is 815 g/mol. The van der Waals surface area contributed by atoms with Gasteiger partial charge in [-0.1, -0.05) is 199 Å². The van der Waals surface area contributed by atoms with E-state index < -0.39 is 38.6 Å². The van der Waals surface area contributed by atoms with Crippen LogP contribution in [0.5, 0.6) is 0 Å². The minimum Gasteiger partial charge on any atom is -0.393 e. The van der Waals surface area contributed by atoms with Crippen molar-refractivity contribution >= 4 is 13.7 Å². The Labute approximate surface area is 345 Å². The van der Waals surface area contributed by atoms with Crippen molar-refractivity contribution in [2.45, 2.75) is 244 Å². The highest BCUT2D eigenvalue weighted by Gasteiger charge is 2.27. The number of aliphatic hydroxyl groups excluding tert-OH is 2. The molecule has 4 atom stereocenters. The van der Waals surface area contributed by atoms with E-state index >= 15 is 0 Å². The Kier molecular flexibility index (Phi) is 41.3. The molecular formula is C46H91N2O7P. The second kappa shape index (κ2) is 42.1. The van der Waals surface area contributed by atoms with Crippen LogP contribution in [-0.2, 0) is 18.4 Å². The first kappa shape index (κ1) is 54.9. The van der Waals surface area contributed by atoms with E-state index in [0.29, 0.717) is 6.42 Å². The Bertz CT molecular complexity index is 950. The maximum absolute atomic E-state index is 12.8. The lowest BCUT2D eigenvalue weighted by molar-refractivity contribution is -0.124. The van der Waals surface area contributed by atoms with Gasteiger partial charge in [0.25, 0.3) is 0 Å². The van der Waals surface area contributed by atoms with Gasteiger partial charge in [-0.15, -0.1) is 0 Å². The quantitative estimate of drug-likeness (QED) is 0.0232. The monoisotopic (exact) mass is 815 g/mol. The zero-order valence-electron chi connectivity index (χ0n) is 36.5. The molecular weight excluding hydrogens is 723 g/mol. The first-order valence-electron chi connectivity index (χ1n) is 23.5. The van der Waals surface area contributed by atoms with Crippen molar-refractivity contribution in [1.29, 1.82) is 0 Å². The number of nitrogens with one attached hydrogen (secondary N) is 1. The van der Waals surface area contributed by atoms with Crippen molar-refractivity contribution in [2.75, 3.05) is 19.8 Å². The van der Waals surface area contributed by atoms with Gasteiger partial charge in [-0.25, -0.2) is 4.57 Å². The van der Waals surface area contributed by atoms with E-state index in [4.69, 9.17) is 14.8 Å². The van der Waals surface area contributed by atoms with Crippen LogP contribution in [0, 0.1) is 0 Å². The maximum atomic E-state index is 12.8. The molecule has 0 aliphatic heterocycles. The molecule has 0 heterocycles.